The van der Waals surface area contributed by atoms with E-state index in [1.54, 1.807) is 17.6 Å². The highest BCUT2D eigenvalue weighted by Gasteiger charge is 2.19. The van der Waals surface area contributed by atoms with Gasteiger partial charge in [0, 0.05) is 17.5 Å². The van der Waals surface area contributed by atoms with E-state index in [0.29, 0.717) is 18.7 Å². The number of ether oxygens (including phenoxy) is 1. The molecule has 0 unspecified atom stereocenters. The molecule has 0 amide bonds. The average Bonchev–Trinajstić information content (AvgIpc) is 2.67. The molecule has 0 bridgehead atoms. The van der Waals surface area contributed by atoms with Crippen molar-refractivity contribution in [2.24, 2.45) is 0 Å². The minimum Gasteiger partial charge on any atom is -0.461 e. The van der Waals surface area contributed by atoms with Gasteiger partial charge in [0.15, 0.2) is 11.3 Å². The SMILES string of the molecule is CCOC(=O)c1nn2ccc(C)nc2c1CC. The third-order valence-corrected chi connectivity index (χ3v) is 2.54. The summed E-state index contributed by atoms with van der Waals surface area (Å²) in [4.78, 5) is 16.2. The van der Waals surface area contributed by atoms with Gasteiger partial charge in [0.1, 0.15) is 0 Å². The number of esters is 1. The fourth-order valence-corrected chi connectivity index (χ4v) is 1.75. The van der Waals surface area contributed by atoms with Crippen LogP contribution in [0, 0.1) is 6.92 Å². The van der Waals surface area contributed by atoms with Crippen molar-refractivity contribution in [3.63, 3.8) is 0 Å². The second-order valence-corrected chi connectivity index (χ2v) is 3.74. The molecule has 5 nitrogen and oxygen atoms in total. The number of carbonyl (C=O) groups is 1. The molecule has 0 atom stereocenters. The predicted molar refractivity (Wildman–Crippen MR) is 63.1 cm³/mol. The Balaban J connectivity index is 2.60. The van der Waals surface area contributed by atoms with Gasteiger partial charge in [-0.2, -0.15) is 5.10 Å². The summed E-state index contributed by atoms with van der Waals surface area (Å²) in [6.45, 7) is 6.02. The number of rotatable bonds is 3. The summed E-state index contributed by atoms with van der Waals surface area (Å²) in [5, 5.41) is 4.22. The molecule has 0 aromatic carbocycles. The standard InChI is InChI=1S/C12H15N3O2/c1-4-9-10(12(16)17-5-2)14-15-7-6-8(3)13-11(9)15/h6-7H,4-5H2,1-3H3. The van der Waals surface area contributed by atoms with Gasteiger partial charge in [-0.05, 0) is 26.3 Å². The van der Waals surface area contributed by atoms with Gasteiger partial charge in [0.25, 0.3) is 0 Å². The average molecular weight is 233 g/mol. The maximum atomic E-state index is 11.8. The summed E-state index contributed by atoms with van der Waals surface area (Å²) in [6.07, 6.45) is 2.51. The van der Waals surface area contributed by atoms with Crippen LogP contribution in [0.3, 0.4) is 0 Å². The maximum absolute atomic E-state index is 11.8. The first kappa shape index (κ1) is 11.6. The lowest BCUT2D eigenvalue weighted by molar-refractivity contribution is 0.0518. The Morgan fingerprint density at radius 2 is 2.24 bits per heavy atom. The first-order valence-corrected chi connectivity index (χ1v) is 5.69. The molecule has 0 aliphatic carbocycles. The highest BCUT2D eigenvalue weighted by atomic mass is 16.5. The van der Waals surface area contributed by atoms with Gasteiger partial charge in [-0.1, -0.05) is 6.92 Å². The molecule has 0 aliphatic heterocycles. The summed E-state index contributed by atoms with van der Waals surface area (Å²) in [5.74, 6) is -0.382. The normalized spacial score (nSPS) is 10.8. The molecular weight excluding hydrogens is 218 g/mol. The van der Waals surface area contributed by atoms with Gasteiger partial charge in [-0.3, -0.25) is 0 Å². The zero-order valence-corrected chi connectivity index (χ0v) is 10.2. The highest BCUT2D eigenvalue weighted by molar-refractivity contribution is 5.91. The molecule has 2 rings (SSSR count). The predicted octanol–water partition coefficient (Wildman–Crippen LogP) is 1.78. The van der Waals surface area contributed by atoms with Crippen molar-refractivity contribution in [1.29, 1.82) is 0 Å². The van der Waals surface area contributed by atoms with Gasteiger partial charge in [0.05, 0.1) is 6.61 Å². The van der Waals surface area contributed by atoms with E-state index in [1.165, 1.54) is 0 Å². The van der Waals surface area contributed by atoms with Gasteiger partial charge in [-0.15, -0.1) is 0 Å². The zero-order valence-electron chi connectivity index (χ0n) is 10.2. The number of carbonyl (C=O) groups excluding carboxylic acids is 1. The first-order valence-electron chi connectivity index (χ1n) is 5.69. The molecule has 0 fully saturated rings. The molecule has 0 spiro atoms. The quantitative estimate of drug-likeness (QED) is 0.758. The van der Waals surface area contributed by atoms with E-state index in [4.69, 9.17) is 4.74 Å². The number of aryl methyl sites for hydroxylation is 2. The smallest absolute Gasteiger partial charge is 0.359 e. The zero-order chi connectivity index (χ0) is 12.4. The fourth-order valence-electron chi connectivity index (χ4n) is 1.75. The summed E-state index contributed by atoms with van der Waals surface area (Å²) < 4.78 is 6.61. The Hall–Kier alpha value is -1.91. The van der Waals surface area contributed by atoms with Crippen LogP contribution in [0.2, 0.25) is 0 Å². The molecule has 0 saturated carbocycles. The fraction of sp³-hybridized carbons (Fsp3) is 0.417. The van der Waals surface area contributed by atoms with Crippen molar-refractivity contribution in [1.82, 2.24) is 14.6 Å². The van der Waals surface area contributed by atoms with Crippen molar-refractivity contribution in [2.45, 2.75) is 27.2 Å². The van der Waals surface area contributed by atoms with Crippen LogP contribution >= 0.6 is 0 Å². The molecule has 90 valence electrons. The van der Waals surface area contributed by atoms with E-state index in [-0.39, 0.29) is 5.97 Å². The first-order chi connectivity index (χ1) is 8.17. The Bertz CT molecular complexity index is 560. The van der Waals surface area contributed by atoms with E-state index in [9.17, 15) is 4.79 Å². The second-order valence-electron chi connectivity index (χ2n) is 3.74. The number of nitrogens with zero attached hydrogens (tertiary/aromatic N) is 3. The minimum atomic E-state index is -0.382. The monoisotopic (exact) mass is 233 g/mol. The molecule has 2 aromatic rings. The lowest BCUT2D eigenvalue weighted by atomic mass is 10.2. The Kier molecular flexibility index (Phi) is 3.08. The lowest BCUT2D eigenvalue weighted by Crippen LogP contribution is -2.07. The molecule has 17 heavy (non-hydrogen) atoms. The van der Waals surface area contributed by atoms with Gasteiger partial charge < -0.3 is 4.74 Å². The van der Waals surface area contributed by atoms with Crippen molar-refractivity contribution in [3.8, 4) is 0 Å². The van der Waals surface area contributed by atoms with E-state index >= 15 is 0 Å². The summed E-state index contributed by atoms with van der Waals surface area (Å²) >= 11 is 0. The van der Waals surface area contributed by atoms with E-state index < -0.39 is 0 Å². The van der Waals surface area contributed by atoms with Gasteiger partial charge in [-0.25, -0.2) is 14.3 Å². The van der Waals surface area contributed by atoms with Crippen LogP contribution in [0.1, 0.15) is 35.6 Å². The summed E-state index contributed by atoms with van der Waals surface area (Å²) in [6, 6.07) is 1.86. The number of hydrogen-bond donors (Lipinski definition) is 0. The third-order valence-electron chi connectivity index (χ3n) is 2.54. The molecule has 2 heterocycles. The number of hydrogen-bond acceptors (Lipinski definition) is 4. The molecule has 5 heteroatoms. The number of aromatic nitrogens is 3. The van der Waals surface area contributed by atoms with Crippen molar-refractivity contribution >= 4 is 11.6 Å². The molecule has 0 radical (unpaired) electrons. The van der Waals surface area contributed by atoms with Crippen LogP contribution < -0.4 is 0 Å². The molecule has 0 saturated heterocycles. The van der Waals surface area contributed by atoms with Gasteiger partial charge in [0.2, 0.25) is 0 Å². The topological polar surface area (TPSA) is 56.5 Å². The van der Waals surface area contributed by atoms with Crippen LogP contribution in [0.5, 0.6) is 0 Å². The van der Waals surface area contributed by atoms with Crippen LogP contribution in [0.4, 0.5) is 0 Å². The minimum absolute atomic E-state index is 0.350. The van der Waals surface area contributed by atoms with E-state index in [2.05, 4.69) is 10.1 Å². The second kappa shape index (κ2) is 4.53. The highest BCUT2D eigenvalue weighted by Crippen LogP contribution is 2.16. The molecule has 2 aromatic heterocycles. The van der Waals surface area contributed by atoms with Crippen molar-refractivity contribution in [3.05, 3.63) is 29.2 Å². The Morgan fingerprint density at radius 1 is 1.47 bits per heavy atom. The van der Waals surface area contributed by atoms with Crippen molar-refractivity contribution in [2.75, 3.05) is 6.61 Å². The third kappa shape index (κ3) is 2.00. The molecule has 0 aliphatic rings. The lowest BCUT2D eigenvalue weighted by Gasteiger charge is -1.99. The van der Waals surface area contributed by atoms with Crippen LogP contribution in [-0.2, 0) is 11.2 Å². The Morgan fingerprint density at radius 3 is 2.88 bits per heavy atom. The van der Waals surface area contributed by atoms with E-state index in [1.807, 2.05) is 19.9 Å². The van der Waals surface area contributed by atoms with Crippen LogP contribution in [0.25, 0.3) is 5.65 Å². The Labute approximate surface area is 99.4 Å². The largest absolute Gasteiger partial charge is 0.461 e. The summed E-state index contributed by atoms with van der Waals surface area (Å²) in [5.41, 5.74) is 2.85. The number of fused-ring (bicyclic) bond motifs is 1. The van der Waals surface area contributed by atoms with Crippen LogP contribution in [-0.4, -0.2) is 27.2 Å². The maximum Gasteiger partial charge on any atom is 0.359 e. The molecule has 0 N–H and O–H groups in total. The van der Waals surface area contributed by atoms with E-state index in [0.717, 1.165) is 16.9 Å². The summed E-state index contributed by atoms with van der Waals surface area (Å²) in [7, 11) is 0. The molecular formula is C12H15N3O2. The van der Waals surface area contributed by atoms with Gasteiger partial charge >= 0.3 is 5.97 Å². The van der Waals surface area contributed by atoms with Crippen molar-refractivity contribution < 1.29 is 9.53 Å². The van der Waals surface area contributed by atoms with Crippen LogP contribution in [0.15, 0.2) is 12.3 Å².